The minimum Gasteiger partial charge on any atom is -0.467 e. The van der Waals surface area contributed by atoms with E-state index < -0.39 is 36.5 Å². The first-order chi connectivity index (χ1) is 14.2. The number of hydrogen-bond donors (Lipinski definition) is 1. The number of hydrogen-bond acceptors (Lipinski definition) is 5. The lowest BCUT2D eigenvalue weighted by atomic mass is 10.0. The normalized spacial score (nSPS) is 12.6. The van der Waals surface area contributed by atoms with Crippen LogP contribution in [0, 0.1) is 0 Å². The Kier molecular flexibility index (Phi) is 5.68. The Hall–Kier alpha value is -3.56. The Morgan fingerprint density at radius 2 is 1.73 bits per heavy atom. The topological polar surface area (TPSA) is 86.1 Å². The predicted molar refractivity (Wildman–Crippen MR) is 99.9 cm³/mol. The molecular weight excluding hydrogens is 405 g/mol. The molecule has 0 saturated carbocycles. The Morgan fingerprint density at radius 1 is 1.03 bits per heavy atom. The molecular formula is C20H17F3N2O5. The maximum Gasteiger partial charge on any atom is 0.471 e. The number of aromatic nitrogens is 1. The maximum atomic E-state index is 12.7. The van der Waals surface area contributed by atoms with Gasteiger partial charge < -0.3 is 19.2 Å². The van der Waals surface area contributed by atoms with Gasteiger partial charge in [0, 0.05) is 12.6 Å². The van der Waals surface area contributed by atoms with Crippen molar-refractivity contribution in [3.63, 3.8) is 0 Å². The number of benzene rings is 1. The van der Waals surface area contributed by atoms with Crippen molar-refractivity contribution in [2.24, 2.45) is 0 Å². The quantitative estimate of drug-likeness (QED) is 0.639. The van der Waals surface area contributed by atoms with Crippen LogP contribution in [0.5, 0.6) is 0 Å². The average Bonchev–Trinajstić information content (AvgIpc) is 3.09. The largest absolute Gasteiger partial charge is 0.471 e. The molecule has 158 valence electrons. The van der Waals surface area contributed by atoms with E-state index in [9.17, 15) is 27.6 Å². The fraction of sp³-hybridized carbons (Fsp3) is 0.250. The standard InChI is InChI=1S/C20H17F3N2O5/c1-29-17(26)13(24-19(28)20(21,22)23)9-12-10-25-14-6-4-3-5-11(14)7-8-15(25)16(12)18(27)30-2/h3-8,10,13H,9H2,1-2H3,(H,24,28)/t13-/m0/s1. The van der Waals surface area contributed by atoms with Crippen LogP contribution in [0.3, 0.4) is 0 Å². The van der Waals surface area contributed by atoms with Crippen LogP contribution < -0.4 is 5.32 Å². The molecule has 10 heteroatoms. The number of nitrogens with one attached hydrogen (secondary N) is 1. The van der Waals surface area contributed by atoms with Crippen molar-refractivity contribution in [1.82, 2.24) is 9.72 Å². The van der Waals surface area contributed by atoms with Gasteiger partial charge in [0.1, 0.15) is 6.04 Å². The lowest BCUT2D eigenvalue weighted by Gasteiger charge is -2.17. The van der Waals surface area contributed by atoms with Gasteiger partial charge in [0.15, 0.2) is 0 Å². The third-order valence-electron chi connectivity index (χ3n) is 4.60. The molecule has 1 N–H and O–H groups in total. The van der Waals surface area contributed by atoms with Crippen molar-refractivity contribution in [2.45, 2.75) is 18.6 Å². The van der Waals surface area contributed by atoms with Crippen molar-refractivity contribution in [3.8, 4) is 0 Å². The molecule has 0 radical (unpaired) electrons. The van der Waals surface area contributed by atoms with Crippen LogP contribution in [0.15, 0.2) is 42.6 Å². The van der Waals surface area contributed by atoms with Crippen LogP contribution in [0.2, 0.25) is 0 Å². The fourth-order valence-electron chi connectivity index (χ4n) is 3.24. The molecule has 0 spiro atoms. The van der Waals surface area contributed by atoms with Gasteiger partial charge in [-0.25, -0.2) is 9.59 Å². The van der Waals surface area contributed by atoms with Crippen LogP contribution in [-0.2, 0) is 25.5 Å². The second kappa shape index (κ2) is 8.05. The Bertz CT molecular complexity index is 1140. The molecule has 0 fully saturated rings. The summed E-state index contributed by atoms with van der Waals surface area (Å²) in [6.07, 6.45) is -4.06. The second-order valence-electron chi connectivity index (χ2n) is 6.42. The first-order valence-corrected chi connectivity index (χ1v) is 8.73. The maximum absolute atomic E-state index is 12.7. The van der Waals surface area contributed by atoms with Crippen LogP contribution in [0.4, 0.5) is 13.2 Å². The van der Waals surface area contributed by atoms with Crippen molar-refractivity contribution in [3.05, 3.63) is 53.7 Å². The highest BCUT2D eigenvalue weighted by atomic mass is 19.4. The van der Waals surface area contributed by atoms with Crippen LogP contribution >= 0.6 is 0 Å². The van der Waals surface area contributed by atoms with E-state index in [0.717, 1.165) is 18.0 Å². The van der Waals surface area contributed by atoms with Crippen molar-refractivity contribution >= 4 is 34.3 Å². The van der Waals surface area contributed by atoms with Crippen molar-refractivity contribution < 1.29 is 37.0 Å². The Morgan fingerprint density at radius 3 is 2.37 bits per heavy atom. The van der Waals surface area contributed by atoms with Crippen LogP contribution in [-0.4, -0.2) is 48.7 Å². The number of nitrogens with zero attached hydrogens (tertiary/aromatic N) is 1. The summed E-state index contributed by atoms with van der Waals surface area (Å²) in [5.74, 6) is -4.09. The number of esters is 2. The summed E-state index contributed by atoms with van der Waals surface area (Å²) < 4.78 is 49.1. The van der Waals surface area contributed by atoms with Gasteiger partial charge in [-0.2, -0.15) is 13.2 Å². The lowest BCUT2D eigenvalue weighted by molar-refractivity contribution is -0.175. The first-order valence-electron chi connectivity index (χ1n) is 8.73. The van der Waals surface area contributed by atoms with E-state index >= 15 is 0 Å². The fourth-order valence-corrected chi connectivity index (χ4v) is 3.24. The minimum atomic E-state index is -5.18. The number of alkyl halides is 3. The van der Waals surface area contributed by atoms with Crippen molar-refractivity contribution in [2.75, 3.05) is 14.2 Å². The van der Waals surface area contributed by atoms with Gasteiger partial charge in [-0.15, -0.1) is 0 Å². The van der Waals surface area contributed by atoms with Gasteiger partial charge in [0.2, 0.25) is 0 Å². The SMILES string of the molecule is COC(=O)c1c(C[C@H](NC(=O)C(F)(F)F)C(=O)OC)cn2c1ccc1ccccc12. The second-order valence-corrected chi connectivity index (χ2v) is 6.42. The molecule has 2 aromatic heterocycles. The zero-order valence-corrected chi connectivity index (χ0v) is 15.9. The number of carbonyl (C=O) groups is 3. The molecule has 1 atom stereocenters. The van der Waals surface area contributed by atoms with Gasteiger partial charge in [-0.3, -0.25) is 4.79 Å². The van der Waals surface area contributed by atoms with Crippen molar-refractivity contribution in [1.29, 1.82) is 0 Å². The summed E-state index contributed by atoms with van der Waals surface area (Å²) in [5, 5.41) is 2.48. The smallest absolute Gasteiger partial charge is 0.467 e. The van der Waals surface area contributed by atoms with E-state index in [1.54, 1.807) is 34.0 Å². The lowest BCUT2D eigenvalue weighted by Crippen LogP contribution is -2.48. The number of carbonyl (C=O) groups excluding carboxylic acids is 3. The number of rotatable bonds is 5. The number of para-hydroxylation sites is 1. The van der Waals surface area contributed by atoms with Gasteiger partial charge in [0.05, 0.1) is 30.8 Å². The van der Waals surface area contributed by atoms with Gasteiger partial charge in [0.25, 0.3) is 0 Å². The number of fused-ring (bicyclic) bond motifs is 3. The third-order valence-corrected chi connectivity index (χ3v) is 4.60. The van der Waals surface area contributed by atoms with Crippen LogP contribution in [0.1, 0.15) is 15.9 Å². The highest BCUT2D eigenvalue weighted by Gasteiger charge is 2.41. The van der Waals surface area contributed by atoms with E-state index in [0.29, 0.717) is 5.52 Å². The molecule has 0 aliphatic carbocycles. The van der Waals surface area contributed by atoms with E-state index in [1.807, 2.05) is 12.1 Å². The molecule has 3 aromatic rings. The molecule has 2 heterocycles. The summed E-state index contributed by atoms with van der Waals surface area (Å²) in [7, 11) is 2.15. The molecule has 1 amide bonds. The first kappa shape index (κ1) is 21.2. The zero-order valence-electron chi connectivity index (χ0n) is 15.9. The van der Waals surface area contributed by atoms with E-state index in [2.05, 4.69) is 4.74 Å². The van der Waals surface area contributed by atoms with Gasteiger partial charge in [-0.1, -0.05) is 24.3 Å². The number of pyridine rings is 1. The molecule has 3 rings (SSSR count). The summed E-state index contributed by atoms with van der Waals surface area (Å²) in [6, 6.07) is 9.07. The molecule has 0 bridgehead atoms. The number of methoxy groups -OCH3 is 2. The average molecular weight is 422 g/mol. The summed E-state index contributed by atoms with van der Waals surface area (Å²) >= 11 is 0. The molecule has 7 nitrogen and oxygen atoms in total. The number of halogens is 3. The van der Waals surface area contributed by atoms with E-state index in [1.165, 1.54) is 13.3 Å². The monoisotopic (exact) mass is 422 g/mol. The molecule has 0 aliphatic heterocycles. The Balaban J connectivity index is 2.12. The summed E-state index contributed by atoms with van der Waals surface area (Å²) in [4.78, 5) is 35.8. The van der Waals surface area contributed by atoms with Gasteiger partial charge >= 0.3 is 24.0 Å². The molecule has 0 aliphatic rings. The van der Waals surface area contributed by atoms with E-state index in [-0.39, 0.29) is 11.1 Å². The zero-order chi connectivity index (χ0) is 22.1. The number of amides is 1. The summed E-state index contributed by atoms with van der Waals surface area (Å²) in [6.45, 7) is 0. The third kappa shape index (κ3) is 3.93. The minimum absolute atomic E-state index is 0.0819. The molecule has 0 saturated heterocycles. The highest BCUT2D eigenvalue weighted by molar-refractivity contribution is 6.01. The molecule has 1 aromatic carbocycles. The molecule has 30 heavy (non-hydrogen) atoms. The predicted octanol–water partition coefficient (Wildman–Crippen LogP) is 2.64. The Labute approximate surface area is 168 Å². The van der Waals surface area contributed by atoms with E-state index in [4.69, 9.17) is 4.74 Å². The highest BCUT2D eigenvalue weighted by Crippen LogP contribution is 2.26. The van der Waals surface area contributed by atoms with Crippen LogP contribution in [0.25, 0.3) is 16.4 Å². The molecule has 0 unspecified atom stereocenters. The number of ether oxygens (including phenoxy) is 2. The van der Waals surface area contributed by atoms with Gasteiger partial charge in [-0.05, 0) is 23.1 Å². The summed E-state index contributed by atoms with van der Waals surface area (Å²) in [5.41, 5.74) is 1.48.